The predicted octanol–water partition coefficient (Wildman–Crippen LogP) is 2.55. The molecule has 1 aliphatic heterocycles. The summed E-state index contributed by atoms with van der Waals surface area (Å²) in [5.74, 6) is 1.44. The molecule has 0 saturated carbocycles. The van der Waals surface area contributed by atoms with Crippen LogP contribution in [0.2, 0.25) is 0 Å². The van der Waals surface area contributed by atoms with Gasteiger partial charge in [-0.3, -0.25) is 9.89 Å². The van der Waals surface area contributed by atoms with Crippen LogP contribution in [0.1, 0.15) is 32.3 Å². The van der Waals surface area contributed by atoms with Gasteiger partial charge in [0.05, 0.1) is 6.54 Å². The van der Waals surface area contributed by atoms with Crippen LogP contribution in [-0.4, -0.2) is 48.5 Å². The molecule has 0 radical (unpaired) electrons. The van der Waals surface area contributed by atoms with Crippen molar-refractivity contribution in [2.75, 3.05) is 26.7 Å². The second-order valence-corrected chi connectivity index (χ2v) is 6.64. The van der Waals surface area contributed by atoms with Gasteiger partial charge in [-0.05, 0) is 38.3 Å². The van der Waals surface area contributed by atoms with Crippen molar-refractivity contribution in [3.05, 3.63) is 35.9 Å². The molecular weight excluding hydrogens is 272 g/mol. The topological polar surface area (TPSA) is 44.9 Å². The zero-order valence-electron chi connectivity index (χ0n) is 14.2. The smallest absolute Gasteiger partial charge is 0.191 e. The summed E-state index contributed by atoms with van der Waals surface area (Å²) in [6.07, 6.45) is 2.53. The lowest BCUT2D eigenvalue weighted by molar-refractivity contribution is 0.250. The van der Waals surface area contributed by atoms with E-state index in [1.165, 1.54) is 18.4 Å². The van der Waals surface area contributed by atoms with Gasteiger partial charge in [-0.15, -0.1) is 0 Å². The molecule has 1 aromatic carbocycles. The maximum atomic E-state index is 6.17. The standard InChI is InChI=1S/C18H30N4/c1-15-8-7-11-22(13-15)18(19)20-12-16(2)21(3)14-17-9-5-4-6-10-17/h4-6,9-10,15-16H,7-8,11-14H2,1-3H3,(H2,19,20). The van der Waals surface area contributed by atoms with Gasteiger partial charge in [-0.25, -0.2) is 0 Å². The number of hydrogen-bond acceptors (Lipinski definition) is 2. The van der Waals surface area contributed by atoms with Crippen molar-refractivity contribution >= 4 is 5.96 Å². The first kappa shape index (κ1) is 16.8. The molecule has 4 heteroatoms. The Morgan fingerprint density at radius 2 is 2.14 bits per heavy atom. The molecular formula is C18H30N4. The molecule has 2 unspecified atom stereocenters. The third-order valence-corrected chi connectivity index (χ3v) is 4.53. The summed E-state index contributed by atoms with van der Waals surface area (Å²) in [6.45, 7) is 8.28. The minimum atomic E-state index is 0.376. The van der Waals surface area contributed by atoms with E-state index in [2.05, 4.69) is 66.0 Å². The fourth-order valence-corrected chi connectivity index (χ4v) is 2.89. The second-order valence-electron chi connectivity index (χ2n) is 6.64. The maximum absolute atomic E-state index is 6.17. The van der Waals surface area contributed by atoms with Crippen molar-refractivity contribution in [1.29, 1.82) is 0 Å². The molecule has 1 aliphatic rings. The molecule has 2 N–H and O–H groups in total. The van der Waals surface area contributed by atoms with Gasteiger partial charge in [0.15, 0.2) is 5.96 Å². The molecule has 0 spiro atoms. The number of likely N-dealkylation sites (N-methyl/N-ethyl adjacent to an activating group) is 1. The molecule has 0 aliphatic carbocycles. The van der Waals surface area contributed by atoms with Crippen LogP contribution in [0.25, 0.3) is 0 Å². The Kier molecular flexibility index (Phi) is 6.25. The highest BCUT2D eigenvalue weighted by Crippen LogP contribution is 2.15. The van der Waals surface area contributed by atoms with Crippen LogP contribution in [-0.2, 0) is 6.54 Å². The molecule has 0 bridgehead atoms. The summed E-state index contributed by atoms with van der Waals surface area (Å²) in [7, 11) is 2.15. The van der Waals surface area contributed by atoms with E-state index < -0.39 is 0 Å². The van der Waals surface area contributed by atoms with E-state index >= 15 is 0 Å². The van der Waals surface area contributed by atoms with Gasteiger partial charge < -0.3 is 10.6 Å². The van der Waals surface area contributed by atoms with Crippen molar-refractivity contribution < 1.29 is 0 Å². The molecule has 22 heavy (non-hydrogen) atoms. The van der Waals surface area contributed by atoms with Crippen molar-refractivity contribution in [2.45, 2.75) is 39.3 Å². The van der Waals surface area contributed by atoms with Crippen LogP contribution in [0.4, 0.5) is 0 Å². The molecule has 2 atom stereocenters. The fraction of sp³-hybridized carbons (Fsp3) is 0.611. The fourth-order valence-electron chi connectivity index (χ4n) is 2.89. The number of guanidine groups is 1. The van der Waals surface area contributed by atoms with Gasteiger partial charge in [0.1, 0.15) is 0 Å². The van der Waals surface area contributed by atoms with Gasteiger partial charge in [0.25, 0.3) is 0 Å². The van der Waals surface area contributed by atoms with E-state index in [0.29, 0.717) is 12.0 Å². The Balaban J connectivity index is 1.82. The van der Waals surface area contributed by atoms with Gasteiger partial charge >= 0.3 is 0 Å². The maximum Gasteiger partial charge on any atom is 0.191 e. The first-order chi connectivity index (χ1) is 10.6. The van der Waals surface area contributed by atoms with E-state index in [-0.39, 0.29) is 0 Å². The van der Waals surface area contributed by atoms with Crippen molar-refractivity contribution in [2.24, 2.45) is 16.6 Å². The summed E-state index contributed by atoms with van der Waals surface area (Å²) in [4.78, 5) is 9.18. The Labute approximate surface area is 135 Å². The predicted molar refractivity (Wildman–Crippen MR) is 93.8 cm³/mol. The SMILES string of the molecule is CC1CCCN(C(N)=NCC(C)N(C)Cc2ccccc2)C1. The van der Waals surface area contributed by atoms with Gasteiger partial charge in [0, 0.05) is 25.7 Å². The van der Waals surface area contributed by atoms with E-state index in [1.807, 2.05) is 0 Å². The van der Waals surface area contributed by atoms with Gasteiger partial charge in [-0.1, -0.05) is 37.3 Å². The van der Waals surface area contributed by atoms with Crippen LogP contribution < -0.4 is 5.73 Å². The Hall–Kier alpha value is -1.55. The number of piperidine rings is 1. The lowest BCUT2D eigenvalue weighted by Crippen LogP contribution is -2.44. The minimum Gasteiger partial charge on any atom is -0.370 e. The third-order valence-electron chi connectivity index (χ3n) is 4.53. The number of benzene rings is 1. The summed E-state index contributed by atoms with van der Waals surface area (Å²) in [5, 5.41) is 0. The Morgan fingerprint density at radius 3 is 2.82 bits per heavy atom. The molecule has 0 aromatic heterocycles. The summed E-state index contributed by atoms with van der Waals surface area (Å²) in [6, 6.07) is 10.9. The lowest BCUT2D eigenvalue weighted by atomic mass is 10.0. The second kappa shape index (κ2) is 8.18. The van der Waals surface area contributed by atoms with Gasteiger partial charge in [-0.2, -0.15) is 0 Å². The Bertz CT molecular complexity index is 471. The summed E-state index contributed by atoms with van der Waals surface area (Å²) in [5.41, 5.74) is 7.50. The third kappa shape index (κ3) is 5.02. The number of rotatable bonds is 5. The molecule has 1 aromatic rings. The zero-order valence-corrected chi connectivity index (χ0v) is 14.2. The van der Waals surface area contributed by atoms with Crippen LogP contribution >= 0.6 is 0 Å². The monoisotopic (exact) mass is 302 g/mol. The average molecular weight is 302 g/mol. The largest absolute Gasteiger partial charge is 0.370 e. The molecule has 1 saturated heterocycles. The van der Waals surface area contributed by atoms with E-state index in [0.717, 1.165) is 32.1 Å². The highest BCUT2D eigenvalue weighted by atomic mass is 15.3. The van der Waals surface area contributed by atoms with Crippen LogP contribution in [0, 0.1) is 5.92 Å². The molecule has 1 heterocycles. The quantitative estimate of drug-likeness (QED) is 0.671. The first-order valence-corrected chi connectivity index (χ1v) is 8.35. The lowest BCUT2D eigenvalue weighted by Gasteiger charge is -2.32. The molecule has 4 nitrogen and oxygen atoms in total. The summed E-state index contributed by atoms with van der Waals surface area (Å²) < 4.78 is 0. The number of nitrogens with two attached hydrogens (primary N) is 1. The minimum absolute atomic E-state index is 0.376. The molecule has 122 valence electrons. The van der Waals surface area contributed by atoms with E-state index in [4.69, 9.17) is 5.73 Å². The molecule has 0 amide bonds. The number of nitrogens with zero attached hydrogens (tertiary/aromatic N) is 3. The van der Waals surface area contributed by atoms with Crippen molar-refractivity contribution in [3.8, 4) is 0 Å². The summed E-state index contributed by atoms with van der Waals surface area (Å²) >= 11 is 0. The Morgan fingerprint density at radius 1 is 1.41 bits per heavy atom. The first-order valence-electron chi connectivity index (χ1n) is 8.35. The van der Waals surface area contributed by atoms with Crippen LogP contribution in [0.5, 0.6) is 0 Å². The number of hydrogen-bond donors (Lipinski definition) is 1. The normalized spacial score (nSPS) is 21.2. The highest BCUT2D eigenvalue weighted by Gasteiger charge is 2.18. The molecule has 1 fully saturated rings. The average Bonchev–Trinajstić information content (AvgIpc) is 2.53. The zero-order chi connectivity index (χ0) is 15.9. The van der Waals surface area contributed by atoms with Crippen LogP contribution in [0.3, 0.4) is 0 Å². The van der Waals surface area contributed by atoms with E-state index in [9.17, 15) is 0 Å². The van der Waals surface area contributed by atoms with Crippen molar-refractivity contribution in [3.63, 3.8) is 0 Å². The van der Waals surface area contributed by atoms with Crippen LogP contribution in [0.15, 0.2) is 35.3 Å². The van der Waals surface area contributed by atoms with Crippen molar-refractivity contribution in [1.82, 2.24) is 9.80 Å². The van der Waals surface area contributed by atoms with E-state index in [1.54, 1.807) is 0 Å². The molecule has 2 rings (SSSR count). The highest BCUT2D eigenvalue weighted by molar-refractivity contribution is 5.78. The number of aliphatic imine (C=N–C) groups is 1. The van der Waals surface area contributed by atoms with Gasteiger partial charge in [0.2, 0.25) is 0 Å². The number of likely N-dealkylation sites (tertiary alicyclic amines) is 1.